The molecule has 0 fully saturated rings. The van der Waals surface area contributed by atoms with E-state index >= 15 is 0 Å². The average Bonchev–Trinajstić information content (AvgIpc) is 2.56. The molecule has 1 rings (SSSR count). The van der Waals surface area contributed by atoms with Gasteiger partial charge in [-0.2, -0.15) is 0 Å². The van der Waals surface area contributed by atoms with Gasteiger partial charge in [-0.15, -0.1) is 0 Å². The van der Waals surface area contributed by atoms with Crippen LogP contribution in [0.2, 0.25) is 0 Å². The molecule has 0 aliphatic heterocycles. The Bertz CT molecular complexity index is 588. The zero-order chi connectivity index (χ0) is 18.1. The number of rotatable bonds is 9. The molecule has 1 unspecified atom stereocenters. The van der Waals surface area contributed by atoms with Gasteiger partial charge in [-0.05, 0) is 62.3 Å². The third-order valence-electron chi connectivity index (χ3n) is 4.64. The summed E-state index contributed by atoms with van der Waals surface area (Å²) in [5, 5.41) is 0. The quantitative estimate of drug-likeness (QED) is 0.338. The Kier molecular flexibility index (Phi) is 8.88. The van der Waals surface area contributed by atoms with Gasteiger partial charge in [0.15, 0.2) is 11.6 Å². The molecule has 1 aromatic rings. The highest BCUT2D eigenvalue weighted by atomic mass is 19.2. The van der Waals surface area contributed by atoms with Gasteiger partial charge in [0.1, 0.15) is 0 Å². The van der Waals surface area contributed by atoms with Gasteiger partial charge in [0.2, 0.25) is 0 Å². The fourth-order valence-electron chi connectivity index (χ4n) is 2.88. The predicted octanol–water partition coefficient (Wildman–Crippen LogP) is 7.06. The van der Waals surface area contributed by atoms with Crippen molar-refractivity contribution < 1.29 is 8.78 Å². The van der Waals surface area contributed by atoms with Gasteiger partial charge in [0, 0.05) is 11.4 Å². The SMILES string of the molecule is CCCCCC/C(=C(\C)N=C(C)c1ccc(F)c(F)c1)C(C)CC. The van der Waals surface area contributed by atoms with Crippen LogP contribution in [-0.2, 0) is 0 Å². The number of hydrogen-bond donors (Lipinski definition) is 0. The first kappa shape index (κ1) is 20.5. The van der Waals surface area contributed by atoms with Crippen LogP contribution < -0.4 is 0 Å². The van der Waals surface area contributed by atoms with Crippen molar-refractivity contribution >= 4 is 5.71 Å². The third kappa shape index (κ3) is 6.18. The molecule has 0 saturated carbocycles. The number of aliphatic imine (C=N–C) groups is 1. The van der Waals surface area contributed by atoms with Crippen LogP contribution in [0.25, 0.3) is 0 Å². The van der Waals surface area contributed by atoms with E-state index in [9.17, 15) is 8.78 Å². The molecular weight excluding hydrogens is 304 g/mol. The minimum Gasteiger partial charge on any atom is -0.258 e. The number of unbranched alkanes of at least 4 members (excludes halogenated alkanes) is 3. The molecule has 0 bridgehead atoms. The standard InChI is InChI=1S/C21H31F2N/c1-6-8-9-10-11-19(15(3)7-2)17(5)24-16(4)18-12-13-20(22)21(23)14-18/h12-15H,6-11H2,1-5H3/b19-17-,24-16?. The van der Waals surface area contributed by atoms with Gasteiger partial charge in [-0.1, -0.05) is 46.1 Å². The summed E-state index contributed by atoms with van der Waals surface area (Å²) in [6.07, 6.45) is 7.08. The maximum atomic E-state index is 13.4. The van der Waals surface area contributed by atoms with Crippen molar-refractivity contribution in [2.24, 2.45) is 10.9 Å². The van der Waals surface area contributed by atoms with Crippen LogP contribution in [0.15, 0.2) is 34.5 Å². The van der Waals surface area contributed by atoms with Crippen LogP contribution in [0.5, 0.6) is 0 Å². The summed E-state index contributed by atoms with van der Waals surface area (Å²) >= 11 is 0. The highest BCUT2D eigenvalue weighted by Crippen LogP contribution is 2.26. The molecule has 0 aromatic heterocycles. The number of hydrogen-bond acceptors (Lipinski definition) is 1. The molecule has 0 amide bonds. The highest BCUT2D eigenvalue weighted by molar-refractivity contribution is 5.99. The average molecular weight is 335 g/mol. The highest BCUT2D eigenvalue weighted by Gasteiger charge is 2.11. The van der Waals surface area contributed by atoms with E-state index in [1.807, 2.05) is 13.8 Å². The molecule has 0 N–H and O–H groups in total. The number of allylic oxidation sites excluding steroid dienone is 2. The molecule has 1 nitrogen and oxygen atoms in total. The monoisotopic (exact) mass is 335 g/mol. The summed E-state index contributed by atoms with van der Waals surface area (Å²) in [6, 6.07) is 3.95. The molecular formula is C21H31F2N. The summed E-state index contributed by atoms with van der Waals surface area (Å²) in [5.74, 6) is -1.16. The molecule has 1 aromatic carbocycles. The van der Waals surface area contributed by atoms with E-state index in [4.69, 9.17) is 4.99 Å². The fourth-order valence-corrected chi connectivity index (χ4v) is 2.88. The topological polar surface area (TPSA) is 12.4 Å². The lowest BCUT2D eigenvalue weighted by atomic mass is 9.92. The molecule has 3 heteroatoms. The first-order valence-corrected chi connectivity index (χ1v) is 9.11. The maximum Gasteiger partial charge on any atom is 0.159 e. The Balaban J connectivity index is 3.01. The fraction of sp³-hybridized carbons (Fsp3) is 0.571. The van der Waals surface area contributed by atoms with Crippen molar-refractivity contribution in [3.05, 3.63) is 46.7 Å². The van der Waals surface area contributed by atoms with E-state index in [-0.39, 0.29) is 0 Å². The molecule has 0 spiro atoms. The van der Waals surface area contributed by atoms with Gasteiger partial charge in [-0.3, -0.25) is 4.99 Å². The van der Waals surface area contributed by atoms with E-state index in [1.54, 1.807) is 6.07 Å². The normalized spacial score (nSPS) is 14.5. The Hall–Kier alpha value is -1.51. The van der Waals surface area contributed by atoms with Crippen LogP contribution in [0.1, 0.15) is 78.7 Å². The Labute approximate surface area is 145 Å². The molecule has 0 saturated heterocycles. The molecule has 1 atom stereocenters. The Morgan fingerprint density at radius 1 is 1.04 bits per heavy atom. The van der Waals surface area contributed by atoms with Gasteiger partial charge in [0.05, 0.1) is 0 Å². The first-order chi connectivity index (χ1) is 11.4. The Morgan fingerprint density at radius 2 is 1.75 bits per heavy atom. The lowest BCUT2D eigenvalue weighted by Gasteiger charge is -2.17. The van der Waals surface area contributed by atoms with E-state index in [0.717, 1.165) is 30.3 Å². The van der Waals surface area contributed by atoms with E-state index in [1.165, 1.54) is 37.3 Å². The van der Waals surface area contributed by atoms with E-state index < -0.39 is 11.6 Å². The van der Waals surface area contributed by atoms with Gasteiger partial charge >= 0.3 is 0 Å². The van der Waals surface area contributed by atoms with Crippen LogP contribution >= 0.6 is 0 Å². The predicted molar refractivity (Wildman–Crippen MR) is 99.5 cm³/mol. The van der Waals surface area contributed by atoms with Crippen LogP contribution in [-0.4, -0.2) is 5.71 Å². The summed E-state index contributed by atoms with van der Waals surface area (Å²) in [7, 11) is 0. The maximum absolute atomic E-state index is 13.4. The summed E-state index contributed by atoms with van der Waals surface area (Å²) in [5.41, 5.74) is 3.75. The lowest BCUT2D eigenvalue weighted by molar-refractivity contribution is 0.508. The van der Waals surface area contributed by atoms with E-state index in [2.05, 4.69) is 20.8 Å². The van der Waals surface area contributed by atoms with Crippen LogP contribution in [0.3, 0.4) is 0 Å². The molecule has 0 aliphatic carbocycles. The molecule has 0 heterocycles. The second-order valence-electron chi connectivity index (χ2n) is 6.56. The summed E-state index contributed by atoms with van der Waals surface area (Å²) in [4.78, 5) is 4.69. The molecule has 134 valence electrons. The molecule has 0 radical (unpaired) electrons. The van der Waals surface area contributed by atoms with Crippen molar-refractivity contribution in [3.8, 4) is 0 Å². The summed E-state index contributed by atoms with van der Waals surface area (Å²) in [6.45, 7) is 10.5. The third-order valence-corrected chi connectivity index (χ3v) is 4.64. The minimum absolute atomic E-state index is 0.494. The second kappa shape index (κ2) is 10.4. The van der Waals surface area contributed by atoms with E-state index in [0.29, 0.717) is 11.5 Å². The lowest BCUT2D eigenvalue weighted by Crippen LogP contribution is -2.03. The number of halogens is 2. The van der Waals surface area contributed by atoms with Crippen molar-refractivity contribution in [1.29, 1.82) is 0 Å². The second-order valence-corrected chi connectivity index (χ2v) is 6.56. The molecule has 0 aliphatic rings. The zero-order valence-corrected chi connectivity index (χ0v) is 15.8. The number of nitrogens with zero attached hydrogens (tertiary/aromatic N) is 1. The first-order valence-electron chi connectivity index (χ1n) is 9.11. The smallest absolute Gasteiger partial charge is 0.159 e. The van der Waals surface area contributed by atoms with Gasteiger partial charge in [0.25, 0.3) is 0 Å². The minimum atomic E-state index is -0.828. The zero-order valence-electron chi connectivity index (χ0n) is 15.8. The van der Waals surface area contributed by atoms with Crippen LogP contribution in [0.4, 0.5) is 8.78 Å². The van der Waals surface area contributed by atoms with Crippen molar-refractivity contribution in [2.75, 3.05) is 0 Å². The number of benzene rings is 1. The summed E-state index contributed by atoms with van der Waals surface area (Å²) < 4.78 is 26.5. The van der Waals surface area contributed by atoms with Crippen LogP contribution in [0, 0.1) is 17.6 Å². The van der Waals surface area contributed by atoms with Crippen molar-refractivity contribution in [3.63, 3.8) is 0 Å². The van der Waals surface area contributed by atoms with Gasteiger partial charge in [-0.25, -0.2) is 8.78 Å². The Morgan fingerprint density at radius 3 is 2.33 bits per heavy atom. The molecule has 24 heavy (non-hydrogen) atoms. The van der Waals surface area contributed by atoms with Gasteiger partial charge < -0.3 is 0 Å². The largest absolute Gasteiger partial charge is 0.258 e. The van der Waals surface area contributed by atoms with Crippen molar-refractivity contribution in [1.82, 2.24) is 0 Å². The van der Waals surface area contributed by atoms with Crippen molar-refractivity contribution in [2.45, 2.75) is 73.1 Å².